The molecule has 0 unspecified atom stereocenters. The molecule has 1 aromatic heterocycles. The average Bonchev–Trinajstić information content (AvgIpc) is 2.92. The summed E-state index contributed by atoms with van der Waals surface area (Å²) < 4.78 is 6.79. The van der Waals surface area contributed by atoms with Crippen LogP contribution in [0.15, 0.2) is 41.5 Å². The van der Waals surface area contributed by atoms with Gasteiger partial charge in [0.15, 0.2) is 5.75 Å². The van der Waals surface area contributed by atoms with Crippen LogP contribution in [0.1, 0.15) is 5.56 Å². The summed E-state index contributed by atoms with van der Waals surface area (Å²) in [6.07, 6.45) is 1.38. The van der Waals surface area contributed by atoms with Gasteiger partial charge in [0.1, 0.15) is 0 Å². The Bertz CT molecular complexity index is 980. The summed E-state index contributed by atoms with van der Waals surface area (Å²) in [5.74, 6) is 0.00373. The number of nitro groups is 1. The third-order valence-electron chi connectivity index (χ3n) is 3.66. The molecule has 1 heterocycles. The van der Waals surface area contributed by atoms with Crippen LogP contribution in [0.3, 0.4) is 0 Å². The van der Waals surface area contributed by atoms with Gasteiger partial charge in [-0.05, 0) is 18.2 Å². The Morgan fingerprint density at radius 1 is 1.40 bits per heavy atom. The number of nitrogens with one attached hydrogen (secondary N) is 1. The van der Waals surface area contributed by atoms with Crippen molar-refractivity contribution in [3.05, 3.63) is 52.1 Å². The number of nitrogens with zero attached hydrogens (tertiary/aromatic N) is 4. The van der Waals surface area contributed by atoms with Gasteiger partial charge >= 0.3 is 5.69 Å². The van der Waals surface area contributed by atoms with Crippen molar-refractivity contribution < 1.29 is 14.8 Å². The summed E-state index contributed by atoms with van der Waals surface area (Å²) >= 11 is 0. The van der Waals surface area contributed by atoms with Gasteiger partial charge in [-0.1, -0.05) is 12.1 Å². The highest BCUT2D eigenvalue weighted by Crippen LogP contribution is 2.36. The summed E-state index contributed by atoms with van der Waals surface area (Å²) in [4.78, 5) is 14.7. The molecule has 2 N–H and O–H groups in total. The summed E-state index contributed by atoms with van der Waals surface area (Å²) in [5, 5.41) is 24.8. The number of rotatable bonds is 5. The largest absolute Gasteiger partial charge is 0.500 e. The number of para-hydroxylation sites is 2. The maximum atomic E-state index is 11.0. The lowest BCUT2D eigenvalue weighted by Crippen LogP contribution is -1.99. The first-order valence-corrected chi connectivity index (χ1v) is 7.27. The van der Waals surface area contributed by atoms with Gasteiger partial charge in [-0.2, -0.15) is 5.10 Å². The van der Waals surface area contributed by atoms with Crippen LogP contribution in [0.2, 0.25) is 0 Å². The third-order valence-corrected chi connectivity index (χ3v) is 3.66. The first-order chi connectivity index (χ1) is 12.0. The standard InChI is InChI=1S/C16H15N5O4/c1-20-12-6-4-3-5-11(12)18-16(20)19-17-9-10-7-13(21(23)24)15(22)14(8-10)25-2/h3-9,22H,1-2H3,(H,18,19)/b17-9-. The lowest BCUT2D eigenvalue weighted by Gasteiger charge is -2.05. The van der Waals surface area contributed by atoms with Crippen LogP contribution in [0, 0.1) is 10.1 Å². The molecular formula is C16H15N5O4. The molecular weight excluding hydrogens is 326 g/mol. The lowest BCUT2D eigenvalue weighted by molar-refractivity contribution is -0.386. The summed E-state index contributed by atoms with van der Waals surface area (Å²) in [6.45, 7) is 0. The number of benzene rings is 2. The molecule has 0 fully saturated rings. The SMILES string of the molecule is COc1cc(/C=N\Nc2nc3ccccc3n2C)cc([N+](=O)[O-])c1O. The van der Waals surface area contributed by atoms with Crippen molar-refractivity contribution in [1.29, 1.82) is 0 Å². The van der Waals surface area contributed by atoms with Crippen LogP contribution in [-0.2, 0) is 7.05 Å². The van der Waals surface area contributed by atoms with E-state index in [-0.39, 0.29) is 5.75 Å². The summed E-state index contributed by atoms with van der Waals surface area (Å²) in [5.41, 5.74) is 4.51. The van der Waals surface area contributed by atoms with E-state index >= 15 is 0 Å². The molecule has 0 aliphatic carbocycles. The maximum Gasteiger partial charge on any atom is 0.315 e. The van der Waals surface area contributed by atoms with Crippen LogP contribution in [0.5, 0.6) is 11.5 Å². The van der Waals surface area contributed by atoms with Crippen molar-refractivity contribution in [1.82, 2.24) is 9.55 Å². The zero-order valence-electron chi connectivity index (χ0n) is 13.5. The van der Waals surface area contributed by atoms with Crippen molar-refractivity contribution in [2.24, 2.45) is 12.1 Å². The molecule has 0 atom stereocenters. The zero-order valence-corrected chi connectivity index (χ0v) is 13.5. The van der Waals surface area contributed by atoms with Gasteiger partial charge < -0.3 is 14.4 Å². The highest BCUT2D eigenvalue weighted by molar-refractivity contribution is 5.84. The molecule has 2 aromatic carbocycles. The molecule has 25 heavy (non-hydrogen) atoms. The molecule has 0 aliphatic heterocycles. The van der Waals surface area contributed by atoms with E-state index in [9.17, 15) is 15.2 Å². The zero-order chi connectivity index (χ0) is 18.0. The first kappa shape index (κ1) is 16.2. The topological polar surface area (TPSA) is 115 Å². The van der Waals surface area contributed by atoms with Crippen LogP contribution < -0.4 is 10.2 Å². The second-order valence-corrected chi connectivity index (χ2v) is 5.20. The average molecular weight is 341 g/mol. The van der Waals surface area contributed by atoms with Crippen LogP contribution in [0.4, 0.5) is 11.6 Å². The van der Waals surface area contributed by atoms with Gasteiger partial charge in [-0.25, -0.2) is 10.4 Å². The number of methoxy groups -OCH3 is 1. The Labute approximate surface area is 142 Å². The number of ether oxygens (including phenoxy) is 1. The Morgan fingerprint density at radius 3 is 2.84 bits per heavy atom. The number of aromatic nitrogens is 2. The van der Waals surface area contributed by atoms with Crippen LogP contribution >= 0.6 is 0 Å². The van der Waals surface area contributed by atoms with Gasteiger partial charge in [-0.15, -0.1) is 0 Å². The first-order valence-electron chi connectivity index (χ1n) is 7.27. The number of nitro benzene ring substituents is 1. The number of aromatic hydroxyl groups is 1. The number of fused-ring (bicyclic) bond motifs is 1. The summed E-state index contributed by atoms with van der Waals surface area (Å²) in [7, 11) is 3.17. The van der Waals surface area contributed by atoms with E-state index in [0.717, 1.165) is 11.0 Å². The number of imidazole rings is 1. The van der Waals surface area contributed by atoms with Crippen molar-refractivity contribution in [2.75, 3.05) is 12.5 Å². The monoisotopic (exact) mass is 341 g/mol. The maximum absolute atomic E-state index is 11.0. The second kappa shape index (κ2) is 6.48. The van der Waals surface area contributed by atoms with E-state index in [4.69, 9.17) is 4.74 Å². The van der Waals surface area contributed by atoms with Gasteiger partial charge in [0.2, 0.25) is 11.7 Å². The molecule has 0 aliphatic rings. The molecule has 0 spiro atoms. The predicted octanol–water partition coefficient (Wildman–Crippen LogP) is 2.64. The molecule has 3 rings (SSSR count). The fraction of sp³-hybridized carbons (Fsp3) is 0.125. The Morgan fingerprint density at radius 2 is 2.16 bits per heavy atom. The van der Waals surface area contributed by atoms with E-state index in [1.54, 1.807) is 0 Å². The highest BCUT2D eigenvalue weighted by Gasteiger charge is 2.19. The normalized spacial score (nSPS) is 11.1. The minimum atomic E-state index is -0.686. The Kier molecular flexibility index (Phi) is 4.21. The highest BCUT2D eigenvalue weighted by atomic mass is 16.6. The smallest absolute Gasteiger partial charge is 0.315 e. The van der Waals surface area contributed by atoms with E-state index < -0.39 is 16.4 Å². The van der Waals surface area contributed by atoms with E-state index in [2.05, 4.69) is 15.5 Å². The quantitative estimate of drug-likeness (QED) is 0.419. The number of hydrogen-bond acceptors (Lipinski definition) is 7. The molecule has 0 saturated heterocycles. The fourth-order valence-electron chi connectivity index (χ4n) is 2.39. The number of hydrazone groups is 1. The molecule has 0 saturated carbocycles. The third kappa shape index (κ3) is 3.07. The minimum Gasteiger partial charge on any atom is -0.500 e. The van der Waals surface area contributed by atoms with Crippen molar-refractivity contribution in [2.45, 2.75) is 0 Å². The molecule has 0 amide bonds. The summed E-state index contributed by atoms with van der Waals surface area (Å²) in [6, 6.07) is 10.3. The number of phenolic OH excluding ortho intramolecular Hbond substituents is 1. The van der Waals surface area contributed by atoms with Crippen molar-refractivity contribution >= 4 is 28.9 Å². The number of phenols is 1. The van der Waals surface area contributed by atoms with Gasteiger partial charge in [0.05, 0.1) is 29.3 Å². The molecule has 128 valence electrons. The Hall–Kier alpha value is -3.62. The molecule has 9 heteroatoms. The van der Waals surface area contributed by atoms with E-state index in [0.29, 0.717) is 11.5 Å². The van der Waals surface area contributed by atoms with Gasteiger partial charge in [0.25, 0.3) is 0 Å². The van der Waals surface area contributed by atoms with Gasteiger partial charge in [-0.3, -0.25) is 10.1 Å². The Balaban J connectivity index is 1.87. The fourth-order valence-corrected chi connectivity index (χ4v) is 2.39. The lowest BCUT2D eigenvalue weighted by atomic mass is 10.2. The van der Waals surface area contributed by atoms with Crippen molar-refractivity contribution in [3.63, 3.8) is 0 Å². The number of anilines is 1. The number of hydrogen-bond donors (Lipinski definition) is 2. The second-order valence-electron chi connectivity index (χ2n) is 5.20. The van der Waals surface area contributed by atoms with E-state index in [1.807, 2.05) is 35.9 Å². The van der Waals surface area contributed by atoms with Crippen LogP contribution in [0.25, 0.3) is 11.0 Å². The minimum absolute atomic E-state index is 0.00150. The molecule has 0 radical (unpaired) electrons. The van der Waals surface area contributed by atoms with Gasteiger partial charge in [0, 0.05) is 18.7 Å². The van der Waals surface area contributed by atoms with E-state index in [1.165, 1.54) is 25.5 Å². The molecule has 9 nitrogen and oxygen atoms in total. The predicted molar refractivity (Wildman–Crippen MR) is 93.2 cm³/mol. The molecule has 3 aromatic rings. The number of aryl methyl sites for hydroxylation is 1. The van der Waals surface area contributed by atoms with Crippen molar-refractivity contribution in [3.8, 4) is 11.5 Å². The molecule has 0 bridgehead atoms. The van der Waals surface area contributed by atoms with Crippen LogP contribution in [-0.4, -0.2) is 32.9 Å².